The zero-order valence-corrected chi connectivity index (χ0v) is 19.9. The number of nitrogens with one attached hydrogen (secondary N) is 1. The average Bonchev–Trinajstić information content (AvgIpc) is 2.87. The fourth-order valence-electron chi connectivity index (χ4n) is 3.19. The highest BCUT2D eigenvalue weighted by Crippen LogP contribution is 2.32. The van der Waals surface area contributed by atoms with Gasteiger partial charge in [0, 0.05) is 53.9 Å². The van der Waals surface area contributed by atoms with Gasteiger partial charge in [-0.3, -0.25) is 9.78 Å². The molecule has 0 amide bonds. The number of carbonyl (C=O) groups is 1. The monoisotopic (exact) mass is 477 g/mol. The van der Waals surface area contributed by atoms with E-state index in [1.807, 2.05) is 44.2 Å². The summed E-state index contributed by atoms with van der Waals surface area (Å²) in [6.45, 7) is 10.3. The van der Waals surface area contributed by atoms with Crippen LogP contribution in [0.25, 0.3) is 11.6 Å². The Morgan fingerprint density at radius 2 is 1.90 bits per heavy atom. The van der Waals surface area contributed by atoms with E-state index in [1.54, 1.807) is 13.1 Å². The van der Waals surface area contributed by atoms with Gasteiger partial charge in [-0.05, 0) is 70.9 Å². The van der Waals surface area contributed by atoms with Crippen LogP contribution in [0.3, 0.4) is 0 Å². The van der Waals surface area contributed by atoms with Gasteiger partial charge in [-0.15, -0.1) is 0 Å². The number of likely N-dealkylation sites (N-methyl/N-ethyl adjacent to an activating group) is 1. The van der Waals surface area contributed by atoms with Crippen LogP contribution in [0.2, 0.25) is 5.02 Å². The first kappa shape index (κ1) is 23.7. The number of hydrogen-bond acceptors (Lipinski definition) is 4. The predicted octanol–water partition coefficient (Wildman–Crippen LogP) is 5.08. The van der Waals surface area contributed by atoms with Crippen molar-refractivity contribution in [3.8, 4) is 0 Å². The third-order valence-electron chi connectivity index (χ3n) is 4.71. The standard InChI is InChI=1S/C16H11BrClNO.C5H12N2.C2H6/c1-9(20)14-5-11-4-12(17)8-19-16(11)6-10-2-3-13(18)7-15(10)14;1-7-4-2-6-3-5-7;1-2/h2-5,7-8H,6H2,1H3;6H,2-5H2,1H3;1-2H3. The molecule has 4 rings (SSSR count). The molecule has 1 aliphatic heterocycles. The smallest absolute Gasteiger partial charge is 0.160 e. The van der Waals surface area contributed by atoms with Gasteiger partial charge < -0.3 is 10.2 Å². The van der Waals surface area contributed by atoms with Crippen LogP contribution in [0, 0.1) is 0 Å². The molecular weight excluding hydrogens is 450 g/mol. The van der Waals surface area contributed by atoms with Crippen LogP contribution < -0.4 is 5.32 Å². The van der Waals surface area contributed by atoms with Gasteiger partial charge in [-0.2, -0.15) is 0 Å². The van der Waals surface area contributed by atoms with Crippen molar-refractivity contribution in [2.45, 2.75) is 27.2 Å². The number of benzene rings is 1. The highest BCUT2D eigenvalue weighted by Gasteiger charge is 2.19. The third-order valence-corrected chi connectivity index (χ3v) is 5.38. The molecule has 1 aromatic carbocycles. The number of piperazine rings is 1. The Balaban J connectivity index is 0.000000280. The Labute approximate surface area is 187 Å². The van der Waals surface area contributed by atoms with Crippen LogP contribution in [0.5, 0.6) is 0 Å². The van der Waals surface area contributed by atoms with Crippen LogP contribution in [0.4, 0.5) is 0 Å². The first-order valence-corrected chi connectivity index (χ1v) is 11.2. The second kappa shape index (κ2) is 11.6. The minimum absolute atomic E-state index is 0.0290. The number of rotatable bonds is 1. The number of Topliss-reactive ketones (excluding diaryl/α,β-unsaturated/α-hetero) is 1. The fraction of sp³-hybridized carbons (Fsp3) is 0.391. The summed E-state index contributed by atoms with van der Waals surface area (Å²) in [6.07, 6.45) is 4.38. The number of carbonyl (C=O) groups excluding carboxylic acids is 1. The van der Waals surface area contributed by atoms with Crippen molar-refractivity contribution in [3.63, 3.8) is 0 Å². The van der Waals surface area contributed by atoms with Crippen molar-refractivity contribution in [1.29, 1.82) is 0 Å². The lowest BCUT2D eigenvalue weighted by Gasteiger charge is -2.21. The van der Waals surface area contributed by atoms with Crippen molar-refractivity contribution in [2.24, 2.45) is 0 Å². The van der Waals surface area contributed by atoms with Crippen LogP contribution in [0.15, 0.2) is 34.9 Å². The first-order valence-electron chi connectivity index (χ1n) is 9.99. The number of pyridine rings is 1. The number of nitrogens with zero attached hydrogens (tertiary/aromatic N) is 2. The quantitative estimate of drug-likeness (QED) is 0.621. The maximum atomic E-state index is 12.0. The summed E-state index contributed by atoms with van der Waals surface area (Å²) in [4.78, 5) is 18.8. The minimum atomic E-state index is 0.0290. The molecule has 156 valence electrons. The van der Waals surface area contributed by atoms with Crippen LogP contribution >= 0.6 is 27.5 Å². The highest BCUT2D eigenvalue weighted by molar-refractivity contribution is 9.10. The molecule has 2 heterocycles. The Morgan fingerprint density at radius 3 is 2.48 bits per heavy atom. The second-order valence-corrected chi connectivity index (χ2v) is 8.19. The molecule has 2 aromatic rings. The molecule has 1 N–H and O–H groups in total. The zero-order valence-electron chi connectivity index (χ0n) is 17.6. The number of allylic oxidation sites excluding steroid dienone is 1. The van der Waals surface area contributed by atoms with Gasteiger partial charge in [0.05, 0.1) is 5.69 Å². The lowest BCUT2D eigenvalue weighted by molar-refractivity contribution is -0.111. The van der Waals surface area contributed by atoms with Crippen LogP contribution in [0.1, 0.15) is 43.2 Å². The highest BCUT2D eigenvalue weighted by atomic mass is 79.9. The zero-order chi connectivity index (χ0) is 21.4. The maximum absolute atomic E-state index is 12.0. The summed E-state index contributed by atoms with van der Waals surface area (Å²) in [5, 5.41) is 3.91. The first-order chi connectivity index (χ1) is 13.9. The molecule has 0 atom stereocenters. The van der Waals surface area contributed by atoms with E-state index in [1.165, 1.54) is 13.1 Å². The van der Waals surface area contributed by atoms with E-state index in [-0.39, 0.29) is 5.78 Å². The van der Waals surface area contributed by atoms with Crippen molar-refractivity contribution < 1.29 is 4.79 Å². The Bertz CT molecular complexity index is 876. The van der Waals surface area contributed by atoms with Crippen molar-refractivity contribution in [2.75, 3.05) is 33.2 Å². The summed E-state index contributed by atoms with van der Waals surface area (Å²) in [6, 6.07) is 7.65. The van der Waals surface area contributed by atoms with E-state index in [0.29, 0.717) is 17.0 Å². The maximum Gasteiger partial charge on any atom is 0.160 e. The van der Waals surface area contributed by atoms with Gasteiger partial charge in [0.1, 0.15) is 0 Å². The van der Waals surface area contributed by atoms with E-state index in [4.69, 9.17) is 11.6 Å². The van der Waals surface area contributed by atoms with E-state index >= 15 is 0 Å². The predicted molar refractivity (Wildman–Crippen MR) is 126 cm³/mol. The number of fused-ring (bicyclic) bond motifs is 2. The largest absolute Gasteiger partial charge is 0.314 e. The van der Waals surface area contributed by atoms with Gasteiger partial charge in [0.2, 0.25) is 0 Å². The Hall–Kier alpha value is -1.53. The lowest BCUT2D eigenvalue weighted by Crippen LogP contribution is -2.40. The van der Waals surface area contributed by atoms with Gasteiger partial charge in [0.25, 0.3) is 0 Å². The summed E-state index contributed by atoms with van der Waals surface area (Å²) in [5.41, 5.74) is 4.59. The second-order valence-electron chi connectivity index (χ2n) is 6.84. The van der Waals surface area contributed by atoms with Crippen molar-refractivity contribution >= 4 is 45.0 Å². The van der Waals surface area contributed by atoms with Crippen LogP contribution in [-0.4, -0.2) is 48.9 Å². The molecule has 0 unspecified atom stereocenters. The van der Waals surface area contributed by atoms with Gasteiger partial charge >= 0.3 is 0 Å². The van der Waals surface area contributed by atoms with E-state index in [2.05, 4.69) is 38.2 Å². The summed E-state index contributed by atoms with van der Waals surface area (Å²) in [7, 11) is 2.15. The Morgan fingerprint density at radius 1 is 1.21 bits per heavy atom. The van der Waals surface area contributed by atoms with Crippen LogP contribution in [-0.2, 0) is 11.2 Å². The summed E-state index contributed by atoms with van der Waals surface area (Å²) < 4.78 is 0.902. The van der Waals surface area contributed by atoms with Gasteiger partial charge in [-0.25, -0.2) is 0 Å². The normalized spacial score (nSPS) is 15.3. The van der Waals surface area contributed by atoms with Gasteiger partial charge in [0.15, 0.2) is 5.78 Å². The molecule has 6 heteroatoms. The molecule has 0 radical (unpaired) electrons. The third kappa shape index (κ3) is 6.75. The molecule has 2 aliphatic rings. The molecule has 1 saturated heterocycles. The topological polar surface area (TPSA) is 45.2 Å². The van der Waals surface area contributed by atoms with E-state index in [9.17, 15) is 4.79 Å². The molecular formula is C23H29BrClN3O. The molecule has 0 saturated carbocycles. The summed E-state index contributed by atoms with van der Waals surface area (Å²) in [5.74, 6) is 0.0290. The van der Waals surface area contributed by atoms with Gasteiger partial charge in [-0.1, -0.05) is 31.5 Å². The number of ketones is 1. The van der Waals surface area contributed by atoms with E-state index in [0.717, 1.165) is 39.9 Å². The number of halogens is 2. The molecule has 0 spiro atoms. The lowest BCUT2D eigenvalue weighted by atomic mass is 9.96. The Kier molecular flexibility index (Phi) is 9.50. The molecule has 1 fully saturated rings. The SMILES string of the molecule is CC.CC(=O)C1=Cc2cc(Br)cnc2Cc2ccc(Cl)cc21.CN1CCNCC1. The molecule has 1 aliphatic carbocycles. The van der Waals surface area contributed by atoms with E-state index < -0.39 is 0 Å². The molecule has 1 aromatic heterocycles. The van der Waals surface area contributed by atoms with Crippen molar-refractivity contribution in [1.82, 2.24) is 15.2 Å². The molecule has 4 nitrogen and oxygen atoms in total. The number of hydrogen-bond donors (Lipinski definition) is 1. The minimum Gasteiger partial charge on any atom is -0.314 e. The fourth-order valence-corrected chi connectivity index (χ4v) is 3.71. The number of aromatic nitrogens is 1. The molecule has 0 bridgehead atoms. The average molecular weight is 479 g/mol. The van der Waals surface area contributed by atoms with Crippen molar-refractivity contribution in [3.05, 3.63) is 62.3 Å². The summed E-state index contributed by atoms with van der Waals surface area (Å²) >= 11 is 9.50. The molecule has 29 heavy (non-hydrogen) atoms.